The molecule has 1 aromatic rings. The third-order valence-electron chi connectivity index (χ3n) is 2.44. The predicted molar refractivity (Wildman–Crippen MR) is 70.6 cm³/mol. The highest BCUT2D eigenvalue weighted by molar-refractivity contribution is 7.18. The fourth-order valence-corrected chi connectivity index (χ4v) is 2.41. The Balaban J connectivity index is 2.61. The van der Waals surface area contributed by atoms with Gasteiger partial charge in [0.15, 0.2) is 5.78 Å². The van der Waals surface area contributed by atoms with E-state index in [2.05, 4.69) is 6.07 Å². The molecule has 0 aliphatic heterocycles. The van der Waals surface area contributed by atoms with Crippen LogP contribution in [0.4, 0.5) is 0 Å². The molecule has 3 nitrogen and oxygen atoms in total. The number of nitriles is 1. The van der Waals surface area contributed by atoms with Gasteiger partial charge in [-0.15, -0.1) is 11.3 Å². The molecule has 1 heterocycles. The largest absolute Gasteiger partial charge is 0.292 e. The average Bonchev–Trinajstić information content (AvgIpc) is 2.70. The quantitative estimate of drug-likeness (QED) is 0.746. The van der Waals surface area contributed by atoms with Crippen molar-refractivity contribution in [1.82, 2.24) is 4.90 Å². The van der Waals surface area contributed by atoms with E-state index in [9.17, 15) is 4.79 Å². The van der Waals surface area contributed by atoms with Gasteiger partial charge in [0, 0.05) is 19.0 Å². The highest BCUT2D eigenvalue weighted by Gasteiger charge is 2.16. The Morgan fingerprint density at radius 2 is 2.29 bits per heavy atom. The number of carbonyl (C=O) groups is 1. The molecule has 92 valence electrons. The number of rotatable bonds is 6. The van der Waals surface area contributed by atoms with Crippen LogP contribution in [0.2, 0.25) is 4.34 Å². The van der Waals surface area contributed by atoms with Crippen LogP contribution in [0.1, 0.15) is 29.9 Å². The van der Waals surface area contributed by atoms with E-state index in [4.69, 9.17) is 16.9 Å². The topological polar surface area (TPSA) is 44.1 Å². The first kappa shape index (κ1) is 14.2. The maximum Gasteiger partial charge on any atom is 0.186 e. The van der Waals surface area contributed by atoms with Gasteiger partial charge in [-0.1, -0.05) is 11.6 Å². The molecule has 1 rings (SSSR count). The van der Waals surface area contributed by atoms with Gasteiger partial charge in [-0.2, -0.15) is 5.26 Å². The van der Waals surface area contributed by atoms with Crippen molar-refractivity contribution in [3.8, 4) is 6.07 Å². The Kier molecular flexibility index (Phi) is 5.63. The lowest BCUT2D eigenvalue weighted by Crippen LogP contribution is -2.36. The molecule has 1 aromatic heterocycles. The number of hydrogen-bond acceptors (Lipinski definition) is 4. The Hall–Kier alpha value is -0.890. The molecule has 17 heavy (non-hydrogen) atoms. The molecule has 0 fully saturated rings. The normalized spacial score (nSPS) is 10.8. The summed E-state index contributed by atoms with van der Waals surface area (Å²) in [5.41, 5.74) is 0. The van der Waals surface area contributed by atoms with Crippen molar-refractivity contribution in [2.24, 2.45) is 0 Å². The van der Waals surface area contributed by atoms with Crippen molar-refractivity contribution in [3.63, 3.8) is 0 Å². The summed E-state index contributed by atoms with van der Waals surface area (Å²) >= 11 is 7.09. The molecule has 0 radical (unpaired) electrons. The zero-order chi connectivity index (χ0) is 12.8. The van der Waals surface area contributed by atoms with Crippen LogP contribution in [-0.2, 0) is 0 Å². The molecule has 0 aliphatic rings. The first-order chi connectivity index (χ1) is 8.04. The van der Waals surface area contributed by atoms with Gasteiger partial charge in [0.2, 0.25) is 0 Å². The summed E-state index contributed by atoms with van der Waals surface area (Å²) < 4.78 is 0.626. The fraction of sp³-hybridized carbons (Fsp3) is 0.500. The highest BCUT2D eigenvalue weighted by Crippen LogP contribution is 2.22. The standard InChI is InChI=1S/C12H15ClN2OS/c1-9(2)15(7-3-6-14)8-10(16)11-4-5-12(13)17-11/h4-5,9H,3,7-8H2,1-2H3. The van der Waals surface area contributed by atoms with Crippen LogP contribution in [-0.4, -0.2) is 29.8 Å². The fourth-order valence-electron chi connectivity index (χ4n) is 1.44. The molecule has 0 aromatic carbocycles. The summed E-state index contributed by atoms with van der Waals surface area (Å²) in [5, 5.41) is 8.57. The molecule has 0 saturated heterocycles. The van der Waals surface area contributed by atoms with Crippen LogP contribution in [0.15, 0.2) is 12.1 Å². The lowest BCUT2D eigenvalue weighted by molar-refractivity contribution is 0.0912. The molecule has 0 atom stereocenters. The third kappa shape index (κ3) is 4.47. The van der Waals surface area contributed by atoms with Crippen molar-refractivity contribution in [1.29, 1.82) is 5.26 Å². The number of ketones is 1. The Labute approximate surface area is 111 Å². The first-order valence-corrected chi connectivity index (χ1v) is 6.63. The Morgan fingerprint density at radius 1 is 1.59 bits per heavy atom. The summed E-state index contributed by atoms with van der Waals surface area (Å²) in [5.74, 6) is 0.0635. The van der Waals surface area contributed by atoms with Gasteiger partial charge < -0.3 is 0 Å². The van der Waals surface area contributed by atoms with E-state index >= 15 is 0 Å². The molecule has 0 unspecified atom stereocenters. The Morgan fingerprint density at radius 3 is 2.76 bits per heavy atom. The second-order valence-corrected chi connectivity index (χ2v) is 5.71. The SMILES string of the molecule is CC(C)N(CCC#N)CC(=O)c1ccc(Cl)s1. The van der Waals surface area contributed by atoms with Gasteiger partial charge in [-0.3, -0.25) is 9.69 Å². The molecule has 0 N–H and O–H groups in total. The van der Waals surface area contributed by atoms with Crippen LogP contribution in [0.3, 0.4) is 0 Å². The summed E-state index contributed by atoms with van der Waals surface area (Å²) in [6.07, 6.45) is 0.441. The van der Waals surface area contributed by atoms with Gasteiger partial charge in [-0.05, 0) is 26.0 Å². The van der Waals surface area contributed by atoms with E-state index in [1.165, 1.54) is 11.3 Å². The van der Waals surface area contributed by atoms with Crippen LogP contribution < -0.4 is 0 Å². The van der Waals surface area contributed by atoms with Crippen LogP contribution >= 0.6 is 22.9 Å². The number of hydrogen-bond donors (Lipinski definition) is 0. The van der Waals surface area contributed by atoms with Crippen LogP contribution in [0, 0.1) is 11.3 Å². The zero-order valence-corrected chi connectivity index (χ0v) is 11.5. The van der Waals surface area contributed by atoms with E-state index in [-0.39, 0.29) is 11.8 Å². The first-order valence-electron chi connectivity index (χ1n) is 5.44. The summed E-state index contributed by atoms with van der Waals surface area (Å²) in [4.78, 5) is 14.6. The van der Waals surface area contributed by atoms with Crippen molar-refractivity contribution in [3.05, 3.63) is 21.3 Å². The predicted octanol–water partition coefficient (Wildman–Crippen LogP) is 3.21. The maximum absolute atomic E-state index is 12.0. The summed E-state index contributed by atoms with van der Waals surface area (Å²) in [6, 6.07) is 5.83. The number of nitrogens with zero attached hydrogens (tertiary/aromatic N) is 2. The summed E-state index contributed by atoms with van der Waals surface area (Å²) in [7, 11) is 0. The van der Waals surface area contributed by atoms with Gasteiger partial charge in [-0.25, -0.2) is 0 Å². The zero-order valence-electron chi connectivity index (χ0n) is 9.94. The molecular formula is C12H15ClN2OS. The lowest BCUT2D eigenvalue weighted by atomic mass is 10.2. The molecule has 0 bridgehead atoms. The van der Waals surface area contributed by atoms with E-state index < -0.39 is 0 Å². The van der Waals surface area contributed by atoms with Gasteiger partial charge >= 0.3 is 0 Å². The number of halogens is 1. The average molecular weight is 271 g/mol. The van der Waals surface area contributed by atoms with E-state index in [0.717, 1.165) is 0 Å². The monoisotopic (exact) mass is 270 g/mol. The van der Waals surface area contributed by atoms with Crippen molar-refractivity contribution >= 4 is 28.7 Å². The van der Waals surface area contributed by atoms with Gasteiger partial charge in [0.25, 0.3) is 0 Å². The van der Waals surface area contributed by atoms with E-state index in [1.807, 2.05) is 18.7 Å². The smallest absolute Gasteiger partial charge is 0.186 e. The highest BCUT2D eigenvalue weighted by atomic mass is 35.5. The number of thiophene rings is 1. The number of carbonyl (C=O) groups excluding carboxylic acids is 1. The minimum Gasteiger partial charge on any atom is -0.292 e. The Bertz CT molecular complexity index is 422. The van der Waals surface area contributed by atoms with Crippen LogP contribution in [0.5, 0.6) is 0 Å². The molecule has 0 amide bonds. The number of Topliss-reactive ketones (excluding diaryl/α,β-unsaturated/α-hetero) is 1. The van der Waals surface area contributed by atoms with Crippen molar-refractivity contribution < 1.29 is 4.79 Å². The van der Waals surface area contributed by atoms with Gasteiger partial charge in [0.05, 0.1) is 21.8 Å². The summed E-state index contributed by atoms with van der Waals surface area (Å²) in [6.45, 7) is 5.01. The third-order valence-corrected chi connectivity index (χ3v) is 3.71. The van der Waals surface area contributed by atoms with Crippen molar-refractivity contribution in [2.75, 3.05) is 13.1 Å². The van der Waals surface area contributed by atoms with Crippen molar-refractivity contribution in [2.45, 2.75) is 26.3 Å². The van der Waals surface area contributed by atoms with Gasteiger partial charge in [0.1, 0.15) is 0 Å². The van der Waals surface area contributed by atoms with E-state index in [1.54, 1.807) is 12.1 Å². The molecule has 0 spiro atoms. The minimum absolute atomic E-state index is 0.0635. The second-order valence-electron chi connectivity index (χ2n) is 4.00. The molecule has 0 aliphatic carbocycles. The van der Waals surface area contributed by atoms with Crippen LogP contribution in [0.25, 0.3) is 0 Å². The van der Waals surface area contributed by atoms with E-state index in [0.29, 0.717) is 28.7 Å². The minimum atomic E-state index is 0.0635. The lowest BCUT2D eigenvalue weighted by Gasteiger charge is -2.24. The molecule has 0 saturated carbocycles. The second kappa shape index (κ2) is 6.75. The molecule has 5 heteroatoms. The molecular weight excluding hydrogens is 256 g/mol. The maximum atomic E-state index is 12.0.